The molecule has 1 N–H and O–H groups in total. The van der Waals surface area contributed by atoms with Crippen molar-refractivity contribution < 1.29 is 9.90 Å². The van der Waals surface area contributed by atoms with Gasteiger partial charge < -0.3 is 5.11 Å². The Labute approximate surface area is 160 Å². The van der Waals surface area contributed by atoms with Gasteiger partial charge in [0.1, 0.15) is 5.84 Å². The molecule has 150 valence electrons. The van der Waals surface area contributed by atoms with E-state index in [1.165, 1.54) is 88.4 Å². The van der Waals surface area contributed by atoms with Crippen molar-refractivity contribution in [3.05, 3.63) is 12.2 Å². The van der Waals surface area contributed by atoms with Crippen molar-refractivity contribution in [2.75, 3.05) is 13.1 Å². The minimum Gasteiger partial charge on any atom is -0.465 e. The number of hydrogen-bond donors (Lipinski definition) is 1. The molecule has 0 aromatic rings. The number of allylic oxidation sites excluding steroid dienone is 2. The second-order valence-electron chi connectivity index (χ2n) is 7.42. The summed E-state index contributed by atoms with van der Waals surface area (Å²) in [4.78, 5) is 16.7. The molecule has 0 bridgehead atoms. The highest BCUT2D eigenvalue weighted by molar-refractivity contribution is 5.95. The Morgan fingerprint density at radius 2 is 1.46 bits per heavy atom. The highest BCUT2D eigenvalue weighted by atomic mass is 16.4. The van der Waals surface area contributed by atoms with Gasteiger partial charge in [-0.15, -0.1) is 0 Å². The average molecular weight is 365 g/mol. The van der Waals surface area contributed by atoms with Crippen LogP contribution in [0, 0.1) is 0 Å². The van der Waals surface area contributed by atoms with Crippen LogP contribution in [0.2, 0.25) is 0 Å². The Balaban J connectivity index is 1.82. The Hall–Kier alpha value is -1.32. The van der Waals surface area contributed by atoms with Crippen molar-refractivity contribution in [3.63, 3.8) is 0 Å². The molecule has 4 heteroatoms. The molecule has 0 atom stereocenters. The predicted molar refractivity (Wildman–Crippen MR) is 111 cm³/mol. The van der Waals surface area contributed by atoms with Crippen molar-refractivity contribution >= 4 is 11.9 Å². The molecule has 0 unspecified atom stereocenters. The van der Waals surface area contributed by atoms with Gasteiger partial charge in [0.25, 0.3) is 0 Å². The van der Waals surface area contributed by atoms with Gasteiger partial charge in [-0.1, -0.05) is 76.9 Å². The van der Waals surface area contributed by atoms with E-state index in [4.69, 9.17) is 5.11 Å². The quantitative estimate of drug-likeness (QED) is 0.242. The lowest BCUT2D eigenvalue weighted by Crippen LogP contribution is -2.32. The van der Waals surface area contributed by atoms with Gasteiger partial charge in [0.2, 0.25) is 0 Å². The first kappa shape index (κ1) is 22.7. The Kier molecular flexibility index (Phi) is 13.9. The van der Waals surface area contributed by atoms with E-state index in [1.54, 1.807) is 0 Å². The zero-order valence-corrected chi connectivity index (χ0v) is 16.9. The predicted octanol–water partition coefficient (Wildman–Crippen LogP) is 6.81. The number of nitrogens with zero attached hydrogens (tertiary/aromatic N) is 2. The summed E-state index contributed by atoms with van der Waals surface area (Å²) < 4.78 is 0. The summed E-state index contributed by atoms with van der Waals surface area (Å²) in [5.41, 5.74) is 0. The van der Waals surface area contributed by atoms with Gasteiger partial charge >= 0.3 is 6.09 Å². The van der Waals surface area contributed by atoms with E-state index >= 15 is 0 Å². The minimum absolute atomic E-state index is 0.539. The van der Waals surface area contributed by atoms with Crippen molar-refractivity contribution in [2.45, 2.75) is 103 Å². The second-order valence-corrected chi connectivity index (χ2v) is 7.42. The fourth-order valence-electron chi connectivity index (χ4n) is 3.44. The van der Waals surface area contributed by atoms with E-state index in [9.17, 15) is 4.79 Å². The van der Waals surface area contributed by atoms with Crippen LogP contribution in [0.4, 0.5) is 4.79 Å². The van der Waals surface area contributed by atoms with Crippen LogP contribution < -0.4 is 0 Å². The molecule has 0 saturated heterocycles. The first-order chi connectivity index (χ1) is 12.8. The number of amides is 1. The summed E-state index contributed by atoms with van der Waals surface area (Å²) in [5.74, 6) is 0.771. The van der Waals surface area contributed by atoms with Crippen molar-refractivity contribution in [1.82, 2.24) is 4.90 Å². The zero-order valence-electron chi connectivity index (χ0n) is 16.9. The largest absolute Gasteiger partial charge is 0.465 e. The summed E-state index contributed by atoms with van der Waals surface area (Å²) in [6.07, 6.45) is 22.8. The van der Waals surface area contributed by atoms with Gasteiger partial charge in [-0.05, 0) is 32.1 Å². The van der Waals surface area contributed by atoms with Crippen LogP contribution >= 0.6 is 0 Å². The molecule has 0 saturated carbocycles. The highest BCUT2D eigenvalue weighted by Gasteiger charge is 2.21. The number of aliphatic imine (C=N–C) groups is 1. The van der Waals surface area contributed by atoms with E-state index in [2.05, 4.69) is 24.1 Å². The van der Waals surface area contributed by atoms with Crippen molar-refractivity contribution in [3.8, 4) is 0 Å². The summed E-state index contributed by atoms with van der Waals surface area (Å²) >= 11 is 0. The van der Waals surface area contributed by atoms with Crippen molar-refractivity contribution in [1.29, 1.82) is 0 Å². The van der Waals surface area contributed by atoms with E-state index in [-0.39, 0.29) is 0 Å². The molecule has 0 aromatic heterocycles. The summed E-state index contributed by atoms with van der Waals surface area (Å²) in [6.45, 7) is 3.44. The van der Waals surface area contributed by atoms with Gasteiger partial charge in [-0.25, -0.2) is 4.79 Å². The van der Waals surface area contributed by atoms with Crippen LogP contribution in [0.1, 0.15) is 103 Å². The third-order valence-corrected chi connectivity index (χ3v) is 5.07. The van der Waals surface area contributed by atoms with Gasteiger partial charge in [-0.3, -0.25) is 9.89 Å². The first-order valence-electron chi connectivity index (χ1n) is 10.9. The van der Waals surface area contributed by atoms with Crippen LogP contribution in [0.25, 0.3) is 0 Å². The number of rotatable bonds is 16. The van der Waals surface area contributed by atoms with Gasteiger partial charge in [0.05, 0.1) is 13.1 Å². The lowest BCUT2D eigenvalue weighted by atomic mass is 10.1. The maximum absolute atomic E-state index is 11.0. The van der Waals surface area contributed by atoms with Crippen LogP contribution in [0.3, 0.4) is 0 Å². The van der Waals surface area contributed by atoms with E-state index in [0.717, 1.165) is 18.7 Å². The molecule has 0 aliphatic carbocycles. The normalized spacial score (nSPS) is 14.3. The number of carboxylic acid groups (broad SMARTS) is 1. The molecular weight excluding hydrogens is 324 g/mol. The number of carbonyl (C=O) groups is 1. The third-order valence-electron chi connectivity index (χ3n) is 5.07. The fourth-order valence-corrected chi connectivity index (χ4v) is 3.44. The number of hydrogen-bond acceptors (Lipinski definition) is 2. The third kappa shape index (κ3) is 11.3. The van der Waals surface area contributed by atoms with Gasteiger partial charge in [0.15, 0.2) is 0 Å². The van der Waals surface area contributed by atoms with E-state index in [1.807, 2.05) is 0 Å². The van der Waals surface area contributed by atoms with Crippen LogP contribution in [0.5, 0.6) is 0 Å². The molecule has 1 aliphatic rings. The van der Waals surface area contributed by atoms with E-state index in [0.29, 0.717) is 13.1 Å². The lowest BCUT2D eigenvalue weighted by Gasteiger charge is -2.13. The van der Waals surface area contributed by atoms with Crippen LogP contribution in [-0.2, 0) is 0 Å². The molecule has 26 heavy (non-hydrogen) atoms. The molecule has 1 amide bonds. The average Bonchev–Trinajstić information content (AvgIpc) is 3.10. The van der Waals surface area contributed by atoms with E-state index < -0.39 is 6.09 Å². The fraction of sp³-hybridized carbons (Fsp3) is 0.818. The Bertz CT molecular complexity index is 418. The monoisotopic (exact) mass is 364 g/mol. The van der Waals surface area contributed by atoms with Crippen LogP contribution in [0.15, 0.2) is 17.1 Å². The molecule has 0 aromatic carbocycles. The summed E-state index contributed by atoms with van der Waals surface area (Å²) in [6, 6.07) is 0. The smallest absolute Gasteiger partial charge is 0.412 e. The first-order valence-corrected chi connectivity index (χ1v) is 10.9. The standard InChI is InChI=1S/C22H40N2O2/c1-2-3-4-5-6-7-8-9-10-11-12-13-14-15-16-17-18-21-23-19-20-24(21)22(25)26/h9-10H,2-8,11-20H2,1H3,(H,25,26)/b10-9-. The Morgan fingerprint density at radius 1 is 0.923 bits per heavy atom. The van der Waals surface area contributed by atoms with Gasteiger partial charge in [0, 0.05) is 6.42 Å². The molecule has 0 radical (unpaired) electrons. The lowest BCUT2D eigenvalue weighted by molar-refractivity contribution is 0.171. The summed E-state index contributed by atoms with van der Waals surface area (Å²) in [5, 5.41) is 9.06. The topological polar surface area (TPSA) is 52.9 Å². The molecular formula is C22H40N2O2. The highest BCUT2D eigenvalue weighted by Crippen LogP contribution is 2.13. The zero-order chi connectivity index (χ0) is 18.9. The maximum atomic E-state index is 11.0. The molecule has 1 rings (SSSR count). The maximum Gasteiger partial charge on any atom is 0.412 e. The minimum atomic E-state index is -0.856. The molecule has 4 nitrogen and oxygen atoms in total. The van der Waals surface area contributed by atoms with Crippen LogP contribution in [-0.4, -0.2) is 35.0 Å². The second kappa shape index (κ2) is 15.9. The van der Waals surface area contributed by atoms with Gasteiger partial charge in [-0.2, -0.15) is 0 Å². The SMILES string of the molecule is CCCCCCCC/C=C\CCCCCCCCC1=NCCN1C(=O)O. The molecule has 1 aliphatic heterocycles. The number of amidine groups is 1. The molecule has 0 fully saturated rings. The van der Waals surface area contributed by atoms with Crippen molar-refractivity contribution in [2.24, 2.45) is 4.99 Å². The molecule has 0 spiro atoms. The summed E-state index contributed by atoms with van der Waals surface area (Å²) in [7, 11) is 0. The number of unbranched alkanes of at least 4 members (excludes halogenated alkanes) is 12. The Morgan fingerprint density at radius 3 is 2.04 bits per heavy atom. The molecule has 1 heterocycles.